The third-order valence-corrected chi connectivity index (χ3v) is 3.11. The Morgan fingerprint density at radius 1 is 1.17 bits per heavy atom. The van der Waals surface area contributed by atoms with Gasteiger partial charge in [0.25, 0.3) is 0 Å². The van der Waals surface area contributed by atoms with Crippen molar-refractivity contribution in [1.29, 1.82) is 0 Å². The Kier molecular flexibility index (Phi) is 4.25. The van der Waals surface area contributed by atoms with E-state index in [2.05, 4.69) is 41.5 Å². The minimum atomic E-state index is -0.157. The van der Waals surface area contributed by atoms with E-state index in [-0.39, 0.29) is 11.5 Å². The molecule has 1 nitrogen and oxygen atoms in total. The average molecular weight is 172 g/mol. The number of hydrogen-bond donors (Lipinski definition) is 1. The van der Waals surface area contributed by atoms with Gasteiger partial charge in [-0.25, -0.2) is 0 Å². The fraction of sp³-hybridized carbons (Fsp3) is 1.00. The molecule has 0 aliphatic carbocycles. The molecule has 1 heteroatoms. The van der Waals surface area contributed by atoms with Crippen LogP contribution in [0.4, 0.5) is 0 Å². The van der Waals surface area contributed by atoms with Gasteiger partial charge in [0.2, 0.25) is 0 Å². The highest BCUT2D eigenvalue weighted by molar-refractivity contribution is 4.79. The Balaban J connectivity index is 4.19. The molecule has 0 aromatic heterocycles. The summed E-state index contributed by atoms with van der Waals surface area (Å²) in [6.07, 6.45) is 0.900. The highest BCUT2D eigenvalue weighted by Crippen LogP contribution is 2.31. The second kappa shape index (κ2) is 4.27. The minimum Gasteiger partial charge on any atom is -0.393 e. The molecule has 0 aliphatic heterocycles. The third kappa shape index (κ3) is 3.14. The smallest absolute Gasteiger partial charge is 0.0596 e. The van der Waals surface area contributed by atoms with Crippen molar-refractivity contribution in [2.75, 3.05) is 0 Å². The van der Waals surface area contributed by atoms with Crippen LogP contribution >= 0.6 is 0 Å². The molecule has 0 amide bonds. The van der Waals surface area contributed by atoms with Crippen LogP contribution in [-0.4, -0.2) is 11.2 Å². The molecule has 0 aromatic carbocycles. The Morgan fingerprint density at radius 2 is 1.58 bits per heavy atom. The van der Waals surface area contributed by atoms with E-state index in [4.69, 9.17) is 0 Å². The van der Waals surface area contributed by atoms with Gasteiger partial charge in [0.05, 0.1) is 6.10 Å². The highest BCUT2D eigenvalue weighted by atomic mass is 16.3. The summed E-state index contributed by atoms with van der Waals surface area (Å²) >= 11 is 0. The summed E-state index contributed by atoms with van der Waals surface area (Å²) in [5.74, 6) is 0.784. The summed E-state index contributed by atoms with van der Waals surface area (Å²) in [4.78, 5) is 0. The van der Waals surface area contributed by atoms with Crippen molar-refractivity contribution >= 4 is 0 Å². The van der Waals surface area contributed by atoms with Gasteiger partial charge in [0.1, 0.15) is 0 Å². The quantitative estimate of drug-likeness (QED) is 0.693. The maximum atomic E-state index is 9.92. The number of aliphatic hydroxyl groups excluding tert-OH is 1. The van der Waals surface area contributed by atoms with E-state index in [1.54, 1.807) is 0 Å². The van der Waals surface area contributed by atoms with Crippen LogP contribution < -0.4 is 0 Å². The molecule has 0 aliphatic rings. The van der Waals surface area contributed by atoms with Gasteiger partial charge < -0.3 is 5.11 Å². The first-order chi connectivity index (χ1) is 5.30. The molecule has 0 bridgehead atoms. The topological polar surface area (TPSA) is 20.2 Å². The largest absolute Gasteiger partial charge is 0.393 e. The standard InChI is InChI=1S/C11H24O/c1-7-8(2)10(12)9(3)11(4,5)6/h8-10,12H,7H2,1-6H3/t8?,9?,10-/m0/s1. The Hall–Kier alpha value is -0.0400. The summed E-state index contributed by atoms with van der Waals surface area (Å²) in [5, 5.41) is 9.92. The highest BCUT2D eigenvalue weighted by Gasteiger charge is 2.29. The molecule has 0 rings (SSSR count). The first kappa shape index (κ1) is 12.0. The monoisotopic (exact) mass is 172 g/mol. The number of rotatable bonds is 3. The Labute approximate surface area is 77.2 Å². The number of hydrogen-bond acceptors (Lipinski definition) is 1. The van der Waals surface area contributed by atoms with Gasteiger partial charge in [-0.2, -0.15) is 0 Å². The molecule has 2 unspecified atom stereocenters. The molecule has 0 aromatic rings. The van der Waals surface area contributed by atoms with Gasteiger partial charge in [-0.15, -0.1) is 0 Å². The normalized spacial score (nSPS) is 20.2. The van der Waals surface area contributed by atoms with Crippen LogP contribution in [0.25, 0.3) is 0 Å². The molecular formula is C11H24O. The van der Waals surface area contributed by atoms with E-state index in [1.807, 2.05) is 0 Å². The molecule has 0 radical (unpaired) electrons. The SMILES string of the molecule is CCC(C)[C@H](O)C(C)C(C)(C)C. The molecule has 0 fully saturated rings. The van der Waals surface area contributed by atoms with E-state index >= 15 is 0 Å². The summed E-state index contributed by atoms with van der Waals surface area (Å²) in [6, 6.07) is 0. The number of aliphatic hydroxyl groups is 1. The van der Waals surface area contributed by atoms with Gasteiger partial charge in [0, 0.05) is 0 Å². The second-order valence-corrected chi connectivity index (χ2v) is 5.03. The Bertz CT molecular complexity index is 123. The minimum absolute atomic E-state index is 0.157. The summed E-state index contributed by atoms with van der Waals surface area (Å²) in [5.41, 5.74) is 0.211. The lowest BCUT2D eigenvalue weighted by Gasteiger charge is -2.34. The van der Waals surface area contributed by atoms with E-state index in [9.17, 15) is 5.11 Å². The zero-order valence-electron chi connectivity index (χ0n) is 9.39. The van der Waals surface area contributed by atoms with E-state index in [0.717, 1.165) is 6.42 Å². The van der Waals surface area contributed by atoms with E-state index < -0.39 is 0 Å². The molecule has 74 valence electrons. The van der Waals surface area contributed by atoms with Crippen LogP contribution in [0.5, 0.6) is 0 Å². The zero-order chi connectivity index (χ0) is 9.94. The van der Waals surface area contributed by atoms with E-state index in [0.29, 0.717) is 11.8 Å². The van der Waals surface area contributed by atoms with Gasteiger partial charge in [-0.05, 0) is 17.3 Å². The lowest BCUT2D eigenvalue weighted by molar-refractivity contribution is 0.0139. The van der Waals surface area contributed by atoms with Crippen molar-refractivity contribution in [1.82, 2.24) is 0 Å². The zero-order valence-corrected chi connectivity index (χ0v) is 9.39. The molecule has 0 saturated carbocycles. The maximum Gasteiger partial charge on any atom is 0.0596 e. The summed E-state index contributed by atoms with van der Waals surface area (Å²) in [6.45, 7) is 12.9. The lowest BCUT2D eigenvalue weighted by Crippen LogP contribution is -2.34. The third-order valence-electron chi connectivity index (χ3n) is 3.11. The van der Waals surface area contributed by atoms with Crippen molar-refractivity contribution in [3.8, 4) is 0 Å². The molecule has 0 heterocycles. The molecule has 0 saturated heterocycles. The molecule has 3 atom stereocenters. The molecule has 1 N–H and O–H groups in total. The summed E-state index contributed by atoms with van der Waals surface area (Å²) in [7, 11) is 0. The molecular weight excluding hydrogens is 148 g/mol. The first-order valence-electron chi connectivity index (χ1n) is 4.98. The van der Waals surface area contributed by atoms with Crippen molar-refractivity contribution < 1.29 is 5.11 Å². The van der Waals surface area contributed by atoms with Crippen molar-refractivity contribution in [2.24, 2.45) is 17.3 Å². The first-order valence-corrected chi connectivity index (χ1v) is 4.98. The second-order valence-electron chi connectivity index (χ2n) is 5.03. The van der Waals surface area contributed by atoms with Gasteiger partial charge in [0.15, 0.2) is 0 Å². The lowest BCUT2D eigenvalue weighted by atomic mass is 9.75. The van der Waals surface area contributed by atoms with Crippen molar-refractivity contribution in [3.63, 3.8) is 0 Å². The Morgan fingerprint density at radius 3 is 1.83 bits per heavy atom. The molecule has 0 spiro atoms. The van der Waals surface area contributed by atoms with Crippen LogP contribution in [0.1, 0.15) is 48.0 Å². The van der Waals surface area contributed by atoms with Crippen LogP contribution in [0.15, 0.2) is 0 Å². The van der Waals surface area contributed by atoms with E-state index in [1.165, 1.54) is 0 Å². The molecule has 12 heavy (non-hydrogen) atoms. The predicted octanol–water partition coefficient (Wildman–Crippen LogP) is 3.08. The fourth-order valence-corrected chi connectivity index (χ4v) is 1.25. The van der Waals surface area contributed by atoms with Gasteiger partial charge in [-0.1, -0.05) is 48.0 Å². The van der Waals surface area contributed by atoms with Crippen LogP contribution in [0.2, 0.25) is 0 Å². The van der Waals surface area contributed by atoms with Gasteiger partial charge >= 0.3 is 0 Å². The van der Waals surface area contributed by atoms with Crippen LogP contribution in [0.3, 0.4) is 0 Å². The average Bonchev–Trinajstić information content (AvgIpc) is 1.98. The van der Waals surface area contributed by atoms with Crippen LogP contribution in [-0.2, 0) is 0 Å². The van der Waals surface area contributed by atoms with Crippen molar-refractivity contribution in [2.45, 2.75) is 54.1 Å². The fourth-order valence-electron chi connectivity index (χ4n) is 1.25. The van der Waals surface area contributed by atoms with Crippen molar-refractivity contribution in [3.05, 3.63) is 0 Å². The summed E-state index contributed by atoms with van der Waals surface area (Å²) < 4.78 is 0. The van der Waals surface area contributed by atoms with Crippen LogP contribution in [0, 0.1) is 17.3 Å². The predicted molar refractivity (Wildman–Crippen MR) is 54.1 cm³/mol. The van der Waals surface area contributed by atoms with Gasteiger partial charge in [-0.3, -0.25) is 0 Å². The maximum absolute atomic E-state index is 9.92.